The number of ether oxygens (including phenoxy) is 3. The lowest BCUT2D eigenvalue weighted by Gasteiger charge is -2.34. The summed E-state index contributed by atoms with van der Waals surface area (Å²) in [5, 5.41) is 4.18. The van der Waals surface area contributed by atoms with Crippen LogP contribution in [-0.4, -0.2) is 69.9 Å². The van der Waals surface area contributed by atoms with Crippen molar-refractivity contribution in [2.45, 2.75) is 25.0 Å². The summed E-state index contributed by atoms with van der Waals surface area (Å²) in [6.45, 7) is 5.13. The van der Waals surface area contributed by atoms with Crippen molar-refractivity contribution in [3.63, 3.8) is 0 Å². The van der Waals surface area contributed by atoms with E-state index in [1.807, 2.05) is 19.2 Å². The first-order chi connectivity index (χ1) is 12.7. The largest absolute Gasteiger partial charge is 0.493 e. The van der Waals surface area contributed by atoms with E-state index in [-0.39, 0.29) is 0 Å². The van der Waals surface area contributed by atoms with Gasteiger partial charge in [0.15, 0.2) is 17.5 Å². The van der Waals surface area contributed by atoms with Gasteiger partial charge >= 0.3 is 0 Å². The number of methoxy groups -OCH3 is 3. The van der Waals surface area contributed by atoms with Crippen molar-refractivity contribution in [1.82, 2.24) is 10.2 Å². The first kappa shape index (κ1) is 20.6. The van der Waals surface area contributed by atoms with Gasteiger partial charge in [-0.2, -0.15) is 11.8 Å². The van der Waals surface area contributed by atoms with Gasteiger partial charge in [0.1, 0.15) is 0 Å². The second kappa shape index (κ2) is 10.4. The number of hydrogen-bond acceptors (Lipinski definition) is 5. The maximum absolute atomic E-state index is 5.56. The number of nitrogens with zero attached hydrogens (tertiary/aromatic N) is 2. The number of nitrogens with one attached hydrogen (secondary N) is 1. The normalized spacial score (nSPS) is 17.8. The van der Waals surface area contributed by atoms with E-state index in [9.17, 15) is 0 Å². The van der Waals surface area contributed by atoms with Gasteiger partial charge in [0, 0.05) is 43.2 Å². The number of aliphatic imine (C=N–C) groups is 1. The average molecular weight is 382 g/mol. The Labute approximate surface area is 161 Å². The van der Waals surface area contributed by atoms with E-state index in [0.29, 0.717) is 16.7 Å². The van der Waals surface area contributed by atoms with Crippen LogP contribution in [0, 0.1) is 0 Å². The van der Waals surface area contributed by atoms with Crippen LogP contribution in [0.2, 0.25) is 0 Å². The van der Waals surface area contributed by atoms with Gasteiger partial charge in [-0.15, -0.1) is 0 Å². The van der Waals surface area contributed by atoms with E-state index in [0.717, 1.165) is 49.1 Å². The van der Waals surface area contributed by atoms with Crippen LogP contribution in [0.5, 0.6) is 17.2 Å². The van der Waals surface area contributed by atoms with Gasteiger partial charge in [0.25, 0.3) is 0 Å². The van der Waals surface area contributed by atoms with Crippen LogP contribution < -0.4 is 19.5 Å². The first-order valence-corrected chi connectivity index (χ1v) is 10.1. The molecule has 1 fully saturated rings. The molecule has 26 heavy (non-hydrogen) atoms. The molecule has 0 aliphatic carbocycles. The van der Waals surface area contributed by atoms with Gasteiger partial charge in [-0.3, -0.25) is 4.99 Å². The molecule has 1 aliphatic heterocycles. The zero-order chi connectivity index (χ0) is 18.9. The quantitative estimate of drug-likeness (QED) is 0.579. The number of rotatable bonds is 7. The minimum atomic E-state index is 0.635. The molecule has 1 unspecified atom stereocenters. The standard InChI is InChI=1S/C19H31N3O3S/c1-6-15-13-22(11-12-26-15)19(20-2)21-10-9-14-7-8-16(23-3)18(25-5)17(14)24-4/h7-8,15H,6,9-13H2,1-5H3,(H,20,21). The molecule has 1 saturated heterocycles. The predicted molar refractivity (Wildman–Crippen MR) is 109 cm³/mol. The Morgan fingerprint density at radius 2 is 2.00 bits per heavy atom. The van der Waals surface area contributed by atoms with Gasteiger partial charge in [-0.05, 0) is 18.9 Å². The Morgan fingerprint density at radius 3 is 2.62 bits per heavy atom. The predicted octanol–water partition coefficient (Wildman–Crippen LogP) is 2.66. The highest BCUT2D eigenvalue weighted by Gasteiger charge is 2.21. The van der Waals surface area contributed by atoms with Gasteiger partial charge in [-0.25, -0.2) is 0 Å². The molecule has 7 heteroatoms. The molecule has 0 radical (unpaired) electrons. The van der Waals surface area contributed by atoms with Crippen LogP contribution in [0.15, 0.2) is 17.1 Å². The lowest BCUT2D eigenvalue weighted by Crippen LogP contribution is -2.48. The highest BCUT2D eigenvalue weighted by atomic mass is 32.2. The number of benzene rings is 1. The number of hydrogen-bond donors (Lipinski definition) is 1. The molecule has 1 atom stereocenters. The van der Waals surface area contributed by atoms with Crippen molar-refractivity contribution in [1.29, 1.82) is 0 Å². The third-order valence-corrected chi connectivity index (χ3v) is 5.94. The molecule has 1 N–H and O–H groups in total. The molecule has 0 saturated carbocycles. The van der Waals surface area contributed by atoms with Crippen molar-refractivity contribution in [3.8, 4) is 17.2 Å². The molecular formula is C19H31N3O3S. The lowest BCUT2D eigenvalue weighted by atomic mass is 10.1. The van der Waals surface area contributed by atoms with E-state index in [1.165, 1.54) is 6.42 Å². The van der Waals surface area contributed by atoms with Gasteiger partial charge in [0.2, 0.25) is 5.75 Å². The molecule has 1 aliphatic rings. The first-order valence-electron chi connectivity index (χ1n) is 9.03. The topological polar surface area (TPSA) is 55.3 Å². The molecule has 6 nitrogen and oxygen atoms in total. The molecule has 1 heterocycles. The summed E-state index contributed by atoms with van der Waals surface area (Å²) in [5.74, 6) is 4.17. The molecule has 0 aromatic heterocycles. The SMILES string of the molecule is CCC1CN(C(=NC)NCCc2ccc(OC)c(OC)c2OC)CCS1. The van der Waals surface area contributed by atoms with Crippen molar-refractivity contribution in [3.05, 3.63) is 17.7 Å². The Hall–Kier alpha value is -1.76. The van der Waals surface area contributed by atoms with Crippen LogP contribution in [0.1, 0.15) is 18.9 Å². The Balaban J connectivity index is 2.00. The summed E-state index contributed by atoms with van der Waals surface area (Å²) >= 11 is 2.06. The van der Waals surface area contributed by atoms with Crippen molar-refractivity contribution in [2.24, 2.45) is 4.99 Å². The summed E-state index contributed by atoms with van der Waals surface area (Å²) < 4.78 is 16.4. The fourth-order valence-corrected chi connectivity index (χ4v) is 4.34. The maximum Gasteiger partial charge on any atom is 0.203 e. The molecular weight excluding hydrogens is 350 g/mol. The van der Waals surface area contributed by atoms with E-state index >= 15 is 0 Å². The minimum absolute atomic E-state index is 0.635. The summed E-state index contributed by atoms with van der Waals surface area (Å²) in [7, 11) is 6.76. The third kappa shape index (κ3) is 4.90. The van der Waals surface area contributed by atoms with Gasteiger partial charge in [0.05, 0.1) is 21.3 Å². The highest BCUT2D eigenvalue weighted by Crippen LogP contribution is 2.39. The van der Waals surface area contributed by atoms with E-state index < -0.39 is 0 Å². The Morgan fingerprint density at radius 1 is 1.23 bits per heavy atom. The highest BCUT2D eigenvalue weighted by molar-refractivity contribution is 8.00. The number of guanidine groups is 1. The third-order valence-electron chi connectivity index (χ3n) is 4.57. The summed E-state index contributed by atoms with van der Waals surface area (Å²) in [5.41, 5.74) is 1.08. The minimum Gasteiger partial charge on any atom is -0.493 e. The van der Waals surface area contributed by atoms with Crippen molar-refractivity contribution in [2.75, 3.05) is 53.8 Å². The zero-order valence-electron chi connectivity index (χ0n) is 16.5. The van der Waals surface area contributed by atoms with Crippen LogP contribution in [-0.2, 0) is 6.42 Å². The Kier molecular flexibility index (Phi) is 8.22. The van der Waals surface area contributed by atoms with Crippen LogP contribution in [0.25, 0.3) is 0 Å². The van der Waals surface area contributed by atoms with E-state index in [2.05, 4.69) is 33.9 Å². The molecule has 1 aromatic rings. The summed E-state index contributed by atoms with van der Waals surface area (Å²) in [4.78, 5) is 6.82. The summed E-state index contributed by atoms with van der Waals surface area (Å²) in [6.07, 6.45) is 2.00. The molecule has 146 valence electrons. The molecule has 0 amide bonds. The summed E-state index contributed by atoms with van der Waals surface area (Å²) in [6, 6.07) is 3.94. The average Bonchev–Trinajstić information content (AvgIpc) is 2.70. The maximum atomic E-state index is 5.56. The van der Waals surface area contributed by atoms with Crippen LogP contribution in [0.3, 0.4) is 0 Å². The van der Waals surface area contributed by atoms with Gasteiger partial charge in [-0.1, -0.05) is 13.0 Å². The number of thioether (sulfide) groups is 1. The van der Waals surface area contributed by atoms with Gasteiger partial charge < -0.3 is 24.4 Å². The Bertz CT molecular complexity index is 610. The van der Waals surface area contributed by atoms with Crippen LogP contribution >= 0.6 is 11.8 Å². The zero-order valence-corrected chi connectivity index (χ0v) is 17.3. The van der Waals surface area contributed by atoms with E-state index in [4.69, 9.17) is 14.2 Å². The lowest BCUT2D eigenvalue weighted by molar-refractivity contribution is 0.322. The van der Waals surface area contributed by atoms with Crippen LogP contribution in [0.4, 0.5) is 0 Å². The molecule has 0 spiro atoms. The smallest absolute Gasteiger partial charge is 0.203 e. The fourth-order valence-electron chi connectivity index (χ4n) is 3.16. The second-order valence-electron chi connectivity index (χ2n) is 6.06. The van der Waals surface area contributed by atoms with Crippen molar-refractivity contribution < 1.29 is 14.2 Å². The second-order valence-corrected chi connectivity index (χ2v) is 7.47. The van der Waals surface area contributed by atoms with E-state index in [1.54, 1.807) is 21.3 Å². The molecule has 1 aromatic carbocycles. The van der Waals surface area contributed by atoms with Crippen molar-refractivity contribution >= 4 is 17.7 Å². The monoisotopic (exact) mass is 381 g/mol. The molecule has 2 rings (SSSR count). The molecule has 0 bridgehead atoms. The fraction of sp³-hybridized carbons (Fsp3) is 0.632.